The molecular formula is C24H25N5O. The van der Waals surface area contributed by atoms with Crippen LogP contribution in [-0.2, 0) is 6.42 Å². The van der Waals surface area contributed by atoms with Crippen LogP contribution in [0.3, 0.4) is 0 Å². The van der Waals surface area contributed by atoms with Crippen LogP contribution in [0, 0.1) is 6.92 Å². The first kappa shape index (κ1) is 19.6. The molecule has 0 spiro atoms. The van der Waals surface area contributed by atoms with E-state index in [0.29, 0.717) is 6.42 Å². The van der Waals surface area contributed by atoms with Gasteiger partial charge in [-0.2, -0.15) is 5.10 Å². The Kier molecular flexibility index (Phi) is 5.75. The molecule has 0 saturated heterocycles. The minimum atomic E-state index is 0.156. The first-order chi connectivity index (χ1) is 14.6. The number of rotatable bonds is 7. The summed E-state index contributed by atoms with van der Waals surface area (Å²) >= 11 is 0. The summed E-state index contributed by atoms with van der Waals surface area (Å²) in [5.41, 5.74) is 4.20. The van der Waals surface area contributed by atoms with Gasteiger partial charge < -0.3 is 9.30 Å². The highest BCUT2D eigenvalue weighted by molar-refractivity contribution is 5.58. The maximum Gasteiger partial charge on any atom is 0.157 e. The number of ether oxygens (including phenoxy) is 1. The first-order valence-corrected chi connectivity index (χ1v) is 9.95. The first-order valence-electron chi connectivity index (χ1n) is 9.95. The topological polar surface area (TPSA) is 68.6 Å². The van der Waals surface area contributed by atoms with Crippen LogP contribution in [0.4, 0.5) is 0 Å². The summed E-state index contributed by atoms with van der Waals surface area (Å²) in [6, 6.07) is 16.4. The molecule has 30 heavy (non-hydrogen) atoms. The van der Waals surface area contributed by atoms with Gasteiger partial charge in [0.15, 0.2) is 5.82 Å². The van der Waals surface area contributed by atoms with Gasteiger partial charge in [-0.25, -0.2) is 9.97 Å². The summed E-state index contributed by atoms with van der Waals surface area (Å²) < 4.78 is 7.54. The number of nitrogens with zero attached hydrogens (tertiary/aromatic N) is 4. The van der Waals surface area contributed by atoms with Gasteiger partial charge in [-0.3, -0.25) is 5.10 Å². The van der Waals surface area contributed by atoms with E-state index in [2.05, 4.69) is 57.4 Å². The second kappa shape index (κ2) is 8.78. The highest BCUT2D eigenvalue weighted by atomic mass is 16.5. The van der Waals surface area contributed by atoms with Gasteiger partial charge in [0.2, 0.25) is 0 Å². The summed E-state index contributed by atoms with van der Waals surface area (Å²) in [5, 5.41) is 7.44. The van der Waals surface area contributed by atoms with Crippen LogP contribution in [0.2, 0.25) is 0 Å². The molecular weight excluding hydrogens is 374 g/mol. The molecule has 1 atom stereocenters. The summed E-state index contributed by atoms with van der Waals surface area (Å²) in [4.78, 5) is 8.94. The van der Waals surface area contributed by atoms with Gasteiger partial charge in [0.25, 0.3) is 0 Å². The molecule has 0 fully saturated rings. The lowest BCUT2D eigenvalue weighted by Gasteiger charge is -2.09. The van der Waals surface area contributed by atoms with E-state index in [4.69, 9.17) is 4.74 Å². The van der Waals surface area contributed by atoms with E-state index < -0.39 is 0 Å². The number of hydrogen-bond acceptors (Lipinski definition) is 4. The molecule has 6 heteroatoms. The van der Waals surface area contributed by atoms with E-state index >= 15 is 0 Å². The zero-order valence-corrected chi connectivity index (χ0v) is 17.4. The van der Waals surface area contributed by atoms with Crippen molar-refractivity contribution in [1.29, 1.82) is 0 Å². The summed E-state index contributed by atoms with van der Waals surface area (Å²) in [7, 11) is 1.68. The molecule has 1 N–H and O–H groups in total. The van der Waals surface area contributed by atoms with Crippen LogP contribution in [0.15, 0.2) is 67.1 Å². The molecule has 4 aromatic rings. The van der Waals surface area contributed by atoms with Crippen LogP contribution >= 0.6 is 0 Å². The molecule has 0 saturated carbocycles. The molecule has 0 aliphatic heterocycles. The van der Waals surface area contributed by atoms with Crippen molar-refractivity contribution < 1.29 is 4.74 Å². The maximum absolute atomic E-state index is 5.57. The van der Waals surface area contributed by atoms with Crippen molar-refractivity contribution in [2.24, 2.45) is 0 Å². The standard InChI is InChI=1S/C24H25N5O/c1-17-15-29(16-25-17)21-13-12-19(14-22(21)30-3)8-7-11-23-26-24(28-27-23)18(2)20-9-5-4-6-10-20/h4-10,12-16,18H,11H2,1-3H3,(H,26,27,28)/b8-7+. The number of aromatic nitrogens is 5. The molecule has 2 aromatic carbocycles. The molecule has 0 aliphatic carbocycles. The van der Waals surface area contributed by atoms with Crippen LogP contribution in [0.5, 0.6) is 5.75 Å². The largest absolute Gasteiger partial charge is 0.495 e. The van der Waals surface area contributed by atoms with E-state index in [9.17, 15) is 0 Å². The van der Waals surface area contributed by atoms with Gasteiger partial charge in [0, 0.05) is 18.5 Å². The summed E-state index contributed by atoms with van der Waals surface area (Å²) in [6.07, 6.45) is 8.59. The fraction of sp³-hybridized carbons (Fsp3) is 0.208. The number of methoxy groups -OCH3 is 1. The zero-order valence-electron chi connectivity index (χ0n) is 17.4. The number of allylic oxidation sites excluding steroid dienone is 1. The Labute approximate surface area is 176 Å². The third-order valence-corrected chi connectivity index (χ3v) is 5.05. The Balaban J connectivity index is 1.44. The van der Waals surface area contributed by atoms with Gasteiger partial charge in [-0.15, -0.1) is 0 Å². The molecule has 1 unspecified atom stereocenters. The van der Waals surface area contributed by atoms with Gasteiger partial charge in [-0.05, 0) is 30.2 Å². The average Bonchev–Trinajstić information content (AvgIpc) is 3.43. The molecule has 6 nitrogen and oxygen atoms in total. The van der Waals surface area contributed by atoms with Crippen molar-refractivity contribution in [3.63, 3.8) is 0 Å². The summed E-state index contributed by atoms with van der Waals surface area (Å²) in [6.45, 7) is 4.09. The molecule has 0 amide bonds. The van der Waals surface area contributed by atoms with Crippen LogP contribution in [0.1, 0.15) is 41.3 Å². The Bertz CT molecular complexity index is 1140. The highest BCUT2D eigenvalue weighted by Gasteiger charge is 2.13. The maximum atomic E-state index is 5.57. The molecule has 152 valence electrons. The highest BCUT2D eigenvalue weighted by Crippen LogP contribution is 2.25. The van der Waals surface area contributed by atoms with Crippen molar-refractivity contribution in [3.8, 4) is 11.4 Å². The quantitative estimate of drug-likeness (QED) is 0.488. The van der Waals surface area contributed by atoms with Crippen molar-refractivity contribution in [3.05, 3.63) is 95.6 Å². The lowest BCUT2D eigenvalue weighted by atomic mass is 10.0. The molecule has 2 heterocycles. The number of H-pyrrole nitrogens is 1. The van der Waals surface area contributed by atoms with Crippen LogP contribution < -0.4 is 4.74 Å². The van der Waals surface area contributed by atoms with Crippen molar-refractivity contribution in [2.45, 2.75) is 26.2 Å². The lowest BCUT2D eigenvalue weighted by molar-refractivity contribution is 0.413. The summed E-state index contributed by atoms with van der Waals surface area (Å²) in [5.74, 6) is 2.62. The Hall–Kier alpha value is -3.67. The zero-order chi connectivity index (χ0) is 20.9. The third kappa shape index (κ3) is 4.33. The van der Waals surface area contributed by atoms with Gasteiger partial charge in [-0.1, -0.05) is 55.5 Å². The van der Waals surface area contributed by atoms with Crippen LogP contribution in [0.25, 0.3) is 11.8 Å². The number of imidazole rings is 1. The Morgan fingerprint density at radius 3 is 2.73 bits per heavy atom. The number of benzene rings is 2. The third-order valence-electron chi connectivity index (χ3n) is 5.05. The molecule has 0 radical (unpaired) electrons. The Morgan fingerprint density at radius 1 is 1.17 bits per heavy atom. The van der Waals surface area contributed by atoms with Gasteiger partial charge in [0.1, 0.15) is 11.6 Å². The Morgan fingerprint density at radius 2 is 2.00 bits per heavy atom. The van der Waals surface area contributed by atoms with Crippen molar-refractivity contribution in [2.75, 3.05) is 7.11 Å². The van der Waals surface area contributed by atoms with Gasteiger partial charge >= 0.3 is 0 Å². The lowest BCUT2D eigenvalue weighted by Crippen LogP contribution is -1.98. The smallest absolute Gasteiger partial charge is 0.157 e. The molecule has 0 aliphatic rings. The predicted molar refractivity (Wildman–Crippen MR) is 118 cm³/mol. The number of nitrogens with one attached hydrogen (secondary N) is 1. The number of aromatic amines is 1. The van der Waals surface area contributed by atoms with Crippen LogP contribution in [-0.4, -0.2) is 31.8 Å². The second-order valence-corrected chi connectivity index (χ2v) is 7.23. The second-order valence-electron chi connectivity index (χ2n) is 7.23. The fourth-order valence-corrected chi connectivity index (χ4v) is 3.36. The van der Waals surface area contributed by atoms with E-state index in [-0.39, 0.29) is 5.92 Å². The van der Waals surface area contributed by atoms with E-state index in [1.165, 1.54) is 5.56 Å². The minimum absolute atomic E-state index is 0.156. The average molecular weight is 399 g/mol. The molecule has 0 bridgehead atoms. The fourth-order valence-electron chi connectivity index (χ4n) is 3.36. The van der Waals surface area contributed by atoms with Gasteiger partial charge in [0.05, 0.1) is 24.8 Å². The van der Waals surface area contributed by atoms with E-state index in [1.54, 1.807) is 13.4 Å². The number of aryl methyl sites for hydroxylation is 1. The van der Waals surface area contributed by atoms with E-state index in [0.717, 1.165) is 34.3 Å². The monoisotopic (exact) mass is 399 g/mol. The SMILES string of the molecule is COc1cc(/C=C/Cc2nc(C(C)c3ccccc3)n[nH]2)ccc1-n1cnc(C)c1. The molecule has 4 rings (SSSR count). The molecule has 2 aromatic heterocycles. The minimum Gasteiger partial charge on any atom is -0.495 e. The van der Waals surface area contributed by atoms with Crippen molar-refractivity contribution >= 4 is 6.08 Å². The normalized spacial score (nSPS) is 12.4. The van der Waals surface area contributed by atoms with Crippen molar-refractivity contribution in [1.82, 2.24) is 24.7 Å². The van der Waals surface area contributed by atoms with E-state index in [1.807, 2.05) is 48.0 Å². The number of hydrogen-bond donors (Lipinski definition) is 1. The predicted octanol–water partition coefficient (Wildman–Crippen LogP) is 4.72.